The van der Waals surface area contributed by atoms with Gasteiger partial charge >= 0.3 is 0 Å². The molecule has 2 aromatic carbocycles. The number of rotatable bonds is 7. The second-order valence-corrected chi connectivity index (χ2v) is 7.37. The first kappa shape index (κ1) is 20.5. The molecule has 0 saturated carbocycles. The topological polar surface area (TPSA) is 84.4 Å². The van der Waals surface area contributed by atoms with Crippen LogP contribution in [0.3, 0.4) is 0 Å². The Morgan fingerprint density at radius 1 is 0.903 bits per heavy atom. The number of anilines is 2. The second kappa shape index (κ2) is 9.84. The quantitative estimate of drug-likeness (QED) is 0.591. The first-order valence-electron chi connectivity index (χ1n) is 10.4. The van der Waals surface area contributed by atoms with Crippen LogP contribution in [0.15, 0.2) is 67.0 Å². The van der Waals surface area contributed by atoms with Crippen LogP contribution in [0.2, 0.25) is 0 Å². The number of nitrogens with zero attached hydrogens (tertiary/aromatic N) is 3. The molecule has 7 heteroatoms. The molecule has 1 aliphatic rings. The number of aromatic nitrogens is 2. The highest BCUT2D eigenvalue weighted by Crippen LogP contribution is 2.19. The van der Waals surface area contributed by atoms with E-state index in [1.807, 2.05) is 18.2 Å². The molecule has 0 atom stereocenters. The normalized spacial score (nSPS) is 13.5. The van der Waals surface area contributed by atoms with Crippen molar-refractivity contribution < 1.29 is 14.3 Å². The highest BCUT2D eigenvalue weighted by Gasteiger charge is 2.14. The fraction of sp³-hybridized carbons (Fsp3) is 0.250. The van der Waals surface area contributed by atoms with Crippen LogP contribution in [0.5, 0.6) is 5.75 Å². The van der Waals surface area contributed by atoms with Crippen molar-refractivity contribution in [1.29, 1.82) is 0 Å². The molecule has 1 fully saturated rings. The van der Waals surface area contributed by atoms with E-state index in [0.717, 1.165) is 31.7 Å². The highest BCUT2D eigenvalue weighted by atomic mass is 16.5. The molecular weight excluding hydrogens is 392 g/mol. The highest BCUT2D eigenvalue weighted by molar-refractivity contribution is 6.09. The molecule has 1 aromatic heterocycles. The lowest BCUT2D eigenvalue weighted by molar-refractivity contribution is -0.118. The predicted molar refractivity (Wildman–Crippen MR) is 119 cm³/mol. The number of nitrogens with one attached hydrogen (secondary N) is 1. The van der Waals surface area contributed by atoms with Gasteiger partial charge in [-0.1, -0.05) is 30.3 Å². The standard InChI is InChI=1S/C24H24N4O3/c29-23(27-21-15-22(26-17-25-21)28-13-5-2-6-14-28)16-31-20-11-9-19(10-12-20)24(30)18-7-3-1-4-8-18/h1,3-4,7-12,15,17H,2,5-6,13-14,16H2,(H,25,26,27,29). The Balaban J connectivity index is 1.30. The molecule has 1 saturated heterocycles. The van der Waals surface area contributed by atoms with E-state index >= 15 is 0 Å². The zero-order valence-corrected chi connectivity index (χ0v) is 17.2. The maximum atomic E-state index is 12.4. The summed E-state index contributed by atoms with van der Waals surface area (Å²) in [6.07, 6.45) is 5.00. The molecule has 0 unspecified atom stereocenters. The summed E-state index contributed by atoms with van der Waals surface area (Å²) in [7, 11) is 0. The van der Waals surface area contributed by atoms with Crippen molar-refractivity contribution in [3.05, 3.63) is 78.1 Å². The van der Waals surface area contributed by atoms with Gasteiger partial charge in [0.1, 0.15) is 23.7 Å². The van der Waals surface area contributed by atoms with Gasteiger partial charge in [-0.05, 0) is 43.5 Å². The van der Waals surface area contributed by atoms with Gasteiger partial charge in [0.05, 0.1) is 0 Å². The minimum atomic E-state index is -0.312. The van der Waals surface area contributed by atoms with Crippen LogP contribution < -0.4 is 15.0 Å². The van der Waals surface area contributed by atoms with Gasteiger partial charge in [0, 0.05) is 30.3 Å². The summed E-state index contributed by atoms with van der Waals surface area (Å²) >= 11 is 0. The van der Waals surface area contributed by atoms with Crippen LogP contribution in [-0.2, 0) is 4.79 Å². The first-order chi connectivity index (χ1) is 15.2. The van der Waals surface area contributed by atoms with Gasteiger partial charge in [0.25, 0.3) is 5.91 Å². The van der Waals surface area contributed by atoms with E-state index in [-0.39, 0.29) is 18.3 Å². The Hall–Kier alpha value is -3.74. The van der Waals surface area contributed by atoms with Crippen LogP contribution in [0.4, 0.5) is 11.6 Å². The molecule has 31 heavy (non-hydrogen) atoms. The minimum absolute atomic E-state index is 0.0573. The van der Waals surface area contributed by atoms with E-state index in [2.05, 4.69) is 20.2 Å². The maximum absolute atomic E-state index is 12.4. The van der Waals surface area contributed by atoms with Crippen molar-refractivity contribution in [2.24, 2.45) is 0 Å². The average Bonchev–Trinajstić information content (AvgIpc) is 2.84. The molecule has 1 N–H and O–H groups in total. The summed E-state index contributed by atoms with van der Waals surface area (Å²) in [6, 6.07) is 17.6. The Labute approximate surface area is 181 Å². The van der Waals surface area contributed by atoms with Gasteiger partial charge in [-0.2, -0.15) is 0 Å². The van der Waals surface area contributed by atoms with E-state index in [0.29, 0.717) is 22.7 Å². The molecule has 0 radical (unpaired) electrons. The SMILES string of the molecule is O=C(COc1ccc(C(=O)c2ccccc2)cc1)Nc1cc(N2CCCCC2)ncn1. The van der Waals surface area contributed by atoms with Gasteiger partial charge in [-0.3, -0.25) is 9.59 Å². The number of carbonyl (C=O) groups is 2. The molecule has 2 heterocycles. The number of hydrogen-bond donors (Lipinski definition) is 1. The van der Waals surface area contributed by atoms with Crippen molar-refractivity contribution in [3.63, 3.8) is 0 Å². The predicted octanol–water partition coefficient (Wildman–Crippen LogP) is 3.72. The number of benzene rings is 2. The van der Waals surface area contributed by atoms with E-state index in [1.165, 1.54) is 12.7 Å². The van der Waals surface area contributed by atoms with Crippen LogP contribution in [0.1, 0.15) is 35.2 Å². The summed E-state index contributed by atoms with van der Waals surface area (Å²) in [4.78, 5) is 35.4. The van der Waals surface area contributed by atoms with Gasteiger partial charge in [-0.15, -0.1) is 0 Å². The third kappa shape index (κ3) is 5.45. The molecule has 3 aromatic rings. The van der Waals surface area contributed by atoms with Gasteiger partial charge in [0.15, 0.2) is 12.4 Å². The molecule has 7 nitrogen and oxygen atoms in total. The molecule has 158 valence electrons. The molecule has 0 spiro atoms. The first-order valence-corrected chi connectivity index (χ1v) is 10.4. The van der Waals surface area contributed by atoms with Crippen molar-refractivity contribution in [3.8, 4) is 5.75 Å². The molecule has 0 bridgehead atoms. The van der Waals surface area contributed by atoms with E-state index in [1.54, 1.807) is 42.5 Å². The van der Waals surface area contributed by atoms with Crippen LogP contribution in [0.25, 0.3) is 0 Å². The second-order valence-electron chi connectivity index (χ2n) is 7.37. The van der Waals surface area contributed by atoms with Gasteiger partial charge in [0.2, 0.25) is 0 Å². The lowest BCUT2D eigenvalue weighted by atomic mass is 10.0. The van der Waals surface area contributed by atoms with Crippen molar-refractivity contribution in [2.75, 3.05) is 29.9 Å². The van der Waals surface area contributed by atoms with Crippen LogP contribution in [-0.4, -0.2) is 41.4 Å². The Bertz CT molecular complexity index is 1030. The summed E-state index contributed by atoms with van der Waals surface area (Å²) in [6.45, 7) is 1.78. The van der Waals surface area contributed by atoms with Gasteiger partial charge in [-0.25, -0.2) is 9.97 Å². The zero-order valence-electron chi connectivity index (χ0n) is 17.2. The smallest absolute Gasteiger partial charge is 0.263 e. The number of ketones is 1. The third-order valence-corrected chi connectivity index (χ3v) is 5.12. The minimum Gasteiger partial charge on any atom is -0.484 e. The number of ether oxygens (including phenoxy) is 1. The number of amides is 1. The van der Waals surface area contributed by atoms with Crippen molar-refractivity contribution >= 4 is 23.3 Å². The average molecular weight is 416 g/mol. The lowest BCUT2D eigenvalue weighted by Crippen LogP contribution is -2.30. The van der Waals surface area contributed by atoms with E-state index < -0.39 is 0 Å². The summed E-state index contributed by atoms with van der Waals surface area (Å²) < 4.78 is 5.55. The van der Waals surface area contributed by atoms with Crippen molar-refractivity contribution in [2.45, 2.75) is 19.3 Å². The summed E-state index contributed by atoms with van der Waals surface area (Å²) in [5.41, 5.74) is 1.19. The maximum Gasteiger partial charge on any atom is 0.263 e. The summed E-state index contributed by atoms with van der Waals surface area (Å²) in [5.74, 6) is 1.42. The Morgan fingerprint density at radius 2 is 1.61 bits per heavy atom. The van der Waals surface area contributed by atoms with E-state index in [4.69, 9.17) is 4.74 Å². The summed E-state index contributed by atoms with van der Waals surface area (Å²) in [5, 5.41) is 2.75. The molecule has 0 aliphatic carbocycles. The molecule has 1 aliphatic heterocycles. The fourth-order valence-corrected chi connectivity index (χ4v) is 3.50. The monoisotopic (exact) mass is 416 g/mol. The molecule has 4 rings (SSSR count). The zero-order chi connectivity index (χ0) is 21.5. The molecular formula is C24H24N4O3. The fourth-order valence-electron chi connectivity index (χ4n) is 3.50. The number of hydrogen-bond acceptors (Lipinski definition) is 6. The Kier molecular flexibility index (Phi) is 6.52. The van der Waals surface area contributed by atoms with Crippen LogP contribution in [0, 0.1) is 0 Å². The number of carbonyl (C=O) groups excluding carboxylic acids is 2. The Morgan fingerprint density at radius 3 is 2.35 bits per heavy atom. The number of piperidine rings is 1. The third-order valence-electron chi connectivity index (χ3n) is 5.12. The lowest BCUT2D eigenvalue weighted by Gasteiger charge is -2.27. The van der Waals surface area contributed by atoms with Crippen molar-refractivity contribution in [1.82, 2.24) is 9.97 Å². The van der Waals surface area contributed by atoms with Gasteiger partial charge < -0.3 is 15.0 Å². The molecule has 1 amide bonds. The largest absolute Gasteiger partial charge is 0.484 e. The van der Waals surface area contributed by atoms with E-state index in [9.17, 15) is 9.59 Å². The van der Waals surface area contributed by atoms with Crippen LogP contribution >= 0.6 is 0 Å².